The average molecular weight is 501 g/mol. The first kappa shape index (κ1) is 21.3. The molecule has 150 valence electrons. The largest absolute Gasteiger partial charge is 0.508 e. The zero-order chi connectivity index (χ0) is 21.1. The lowest BCUT2D eigenvalue weighted by Gasteiger charge is -2.15. The van der Waals surface area contributed by atoms with Crippen molar-refractivity contribution in [2.45, 2.75) is 37.5 Å². The third kappa shape index (κ3) is 4.96. The molecule has 0 saturated carbocycles. The third-order valence-corrected chi connectivity index (χ3v) is 5.79. The highest BCUT2D eigenvalue weighted by Crippen LogP contribution is 2.34. The van der Waals surface area contributed by atoms with Crippen LogP contribution in [-0.2, 0) is 12.8 Å². The molecular weight excluding hydrogens is 477 g/mol. The summed E-state index contributed by atoms with van der Waals surface area (Å²) in [7, 11) is 0. The molecule has 29 heavy (non-hydrogen) atoms. The van der Waals surface area contributed by atoms with Crippen molar-refractivity contribution in [3.63, 3.8) is 0 Å². The van der Waals surface area contributed by atoms with Crippen LogP contribution in [0.15, 0.2) is 53.7 Å². The second-order valence-corrected chi connectivity index (χ2v) is 9.38. The maximum absolute atomic E-state index is 11.2. The first-order valence-corrected chi connectivity index (χ1v) is 10.7. The molecule has 0 spiro atoms. The Kier molecular flexibility index (Phi) is 6.57. The summed E-state index contributed by atoms with van der Waals surface area (Å²) in [6, 6.07) is 15.0. The minimum absolute atomic E-state index is 0.196. The lowest BCUT2D eigenvalue weighted by Crippen LogP contribution is -1.98. The Morgan fingerprint density at radius 2 is 1.48 bits per heavy atom. The van der Waals surface area contributed by atoms with Crippen LogP contribution in [0.4, 0.5) is 5.69 Å². The van der Waals surface area contributed by atoms with E-state index in [1.165, 1.54) is 0 Å². The van der Waals surface area contributed by atoms with E-state index in [4.69, 9.17) is 0 Å². The van der Waals surface area contributed by atoms with Gasteiger partial charge in [0.05, 0.1) is 0 Å². The van der Waals surface area contributed by atoms with Crippen LogP contribution in [-0.4, -0.2) is 10.2 Å². The Hall–Kier alpha value is -2.41. The fraction of sp³-hybridized carbons (Fsp3) is 0.250. The van der Waals surface area contributed by atoms with Crippen LogP contribution in [0.2, 0.25) is 0 Å². The first-order valence-electron chi connectivity index (χ1n) is 9.48. The molecule has 1 unspecified atom stereocenters. The highest BCUT2D eigenvalue weighted by Gasteiger charge is 2.15. The Labute approximate surface area is 184 Å². The number of phenols is 2. The monoisotopic (exact) mass is 501 g/mol. The molecule has 3 aromatic carbocycles. The molecule has 2 N–H and O–H groups in total. The number of nitrogens with zero attached hydrogens (tertiary/aromatic N) is 1. The normalized spacial score (nSPS) is 12.0. The first-order chi connectivity index (χ1) is 13.8. The van der Waals surface area contributed by atoms with Crippen LogP contribution >= 0.6 is 22.6 Å². The van der Waals surface area contributed by atoms with Gasteiger partial charge in [-0.25, -0.2) is 0 Å². The molecule has 0 radical (unpaired) electrons. The molecule has 0 aliphatic carbocycles. The average Bonchev–Trinajstić information content (AvgIpc) is 2.67. The van der Waals surface area contributed by atoms with Crippen molar-refractivity contribution in [3.05, 3.63) is 92.4 Å². The Morgan fingerprint density at radius 1 is 0.862 bits per heavy atom. The van der Waals surface area contributed by atoms with Crippen LogP contribution in [0.5, 0.6) is 11.5 Å². The fourth-order valence-corrected chi connectivity index (χ4v) is 3.94. The number of halogens is 1. The van der Waals surface area contributed by atoms with Crippen molar-refractivity contribution in [2.24, 2.45) is 5.18 Å². The van der Waals surface area contributed by atoms with Crippen LogP contribution in [0.25, 0.3) is 0 Å². The summed E-state index contributed by atoms with van der Waals surface area (Å²) in [5.74, 6) is 0.417. The molecule has 3 aromatic rings. The highest BCUT2D eigenvalue weighted by atomic mass is 127. The molecule has 5 heteroatoms. The summed E-state index contributed by atoms with van der Waals surface area (Å²) in [5, 5.41) is 24.4. The molecule has 1 atom stereocenters. The summed E-state index contributed by atoms with van der Waals surface area (Å²) in [5.41, 5.74) is 6.63. The van der Waals surface area contributed by atoms with E-state index in [-0.39, 0.29) is 11.5 Å². The smallest absolute Gasteiger partial charge is 0.122 e. The van der Waals surface area contributed by atoms with Crippen molar-refractivity contribution >= 4 is 28.3 Å². The number of phenolic OH excluding ortho intramolecular Hbond substituents is 2. The van der Waals surface area contributed by atoms with Crippen LogP contribution in [0.3, 0.4) is 0 Å². The lowest BCUT2D eigenvalue weighted by atomic mass is 9.93. The van der Waals surface area contributed by atoms with Gasteiger partial charge in [0.1, 0.15) is 17.2 Å². The second-order valence-electron chi connectivity index (χ2n) is 7.51. The molecular formula is C24H24INO3. The minimum Gasteiger partial charge on any atom is -0.508 e. The van der Waals surface area contributed by atoms with Gasteiger partial charge in [-0.1, -0.05) is 70.1 Å². The molecule has 0 saturated heterocycles. The number of hydrogen-bond donors (Lipinski definition) is 2. The number of hydrogen-bond acceptors (Lipinski definition) is 4. The summed E-state index contributed by atoms with van der Waals surface area (Å²) < 4.78 is 0.323. The highest BCUT2D eigenvalue weighted by molar-refractivity contribution is 14.1. The van der Waals surface area contributed by atoms with E-state index in [0.29, 0.717) is 22.5 Å². The van der Waals surface area contributed by atoms with Gasteiger partial charge in [-0.3, -0.25) is 0 Å². The Morgan fingerprint density at radius 3 is 2.10 bits per heavy atom. The lowest BCUT2D eigenvalue weighted by molar-refractivity contribution is 0.459. The van der Waals surface area contributed by atoms with Gasteiger partial charge < -0.3 is 10.2 Å². The number of aryl methyl sites for hydroxylation is 2. The maximum Gasteiger partial charge on any atom is 0.122 e. The predicted octanol–water partition coefficient (Wildman–Crippen LogP) is 6.79. The summed E-state index contributed by atoms with van der Waals surface area (Å²) in [4.78, 5) is 11.2. The zero-order valence-electron chi connectivity index (χ0n) is 16.7. The van der Waals surface area contributed by atoms with Crippen LogP contribution < -0.4 is 0 Å². The zero-order valence-corrected chi connectivity index (χ0v) is 18.9. The topological polar surface area (TPSA) is 69.9 Å². The minimum atomic E-state index is 0.196. The molecule has 0 aliphatic rings. The van der Waals surface area contributed by atoms with E-state index in [1.807, 2.05) is 50.2 Å². The van der Waals surface area contributed by atoms with Gasteiger partial charge >= 0.3 is 0 Å². The summed E-state index contributed by atoms with van der Waals surface area (Å²) in [6.07, 6.45) is 0.843. The third-order valence-electron chi connectivity index (χ3n) is 5.07. The van der Waals surface area contributed by atoms with Gasteiger partial charge in [0, 0.05) is 16.8 Å². The summed E-state index contributed by atoms with van der Waals surface area (Å²) >= 11 is 2.34. The van der Waals surface area contributed by atoms with Gasteiger partial charge in [-0.15, -0.1) is 4.91 Å². The van der Waals surface area contributed by atoms with Gasteiger partial charge in [-0.05, 0) is 65.9 Å². The van der Waals surface area contributed by atoms with E-state index < -0.39 is 0 Å². The number of rotatable bonds is 6. The van der Waals surface area contributed by atoms with Crippen molar-refractivity contribution < 1.29 is 10.2 Å². The standard InChI is InChI=1S/C24H24INO3/c1-14-4-6-22(26-29)18(8-14)12-20-9-15(2)10-21(24(20)28)13-19-11-17(16(3)25)5-7-23(19)27/h4-11,16,27-28H,12-13H2,1-3H3. The molecule has 3 rings (SSSR count). The molecule has 0 amide bonds. The van der Waals surface area contributed by atoms with E-state index >= 15 is 0 Å². The molecule has 4 nitrogen and oxygen atoms in total. The maximum atomic E-state index is 11.2. The van der Waals surface area contributed by atoms with Crippen molar-refractivity contribution in [1.82, 2.24) is 0 Å². The van der Waals surface area contributed by atoms with Gasteiger partial charge in [-0.2, -0.15) is 0 Å². The Bertz CT molecular complexity index is 1060. The van der Waals surface area contributed by atoms with Crippen LogP contribution in [0, 0.1) is 18.8 Å². The molecule has 0 aliphatic heterocycles. The number of benzene rings is 3. The number of aromatic hydroxyl groups is 2. The van der Waals surface area contributed by atoms with Crippen molar-refractivity contribution in [1.29, 1.82) is 0 Å². The van der Waals surface area contributed by atoms with Crippen molar-refractivity contribution in [3.8, 4) is 11.5 Å². The van der Waals surface area contributed by atoms with E-state index in [1.54, 1.807) is 12.1 Å². The van der Waals surface area contributed by atoms with Gasteiger partial charge in [0.2, 0.25) is 0 Å². The predicted molar refractivity (Wildman–Crippen MR) is 126 cm³/mol. The quantitative estimate of drug-likeness (QED) is 0.222. The van der Waals surface area contributed by atoms with E-state index in [0.717, 1.165) is 38.9 Å². The molecule has 0 fully saturated rings. The summed E-state index contributed by atoms with van der Waals surface area (Å²) in [6.45, 7) is 6.04. The van der Waals surface area contributed by atoms with E-state index in [9.17, 15) is 15.1 Å². The molecule has 0 aromatic heterocycles. The van der Waals surface area contributed by atoms with Gasteiger partial charge in [0.25, 0.3) is 0 Å². The van der Waals surface area contributed by atoms with Crippen molar-refractivity contribution in [2.75, 3.05) is 0 Å². The fourth-order valence-electron chi connectivity index (χ4n) is 3.55. The van der Waals surface area contributed by atoms with Gasteiger partial charge in [0.15, 0.2) is 0 Å². The molecule has 0 bridgehead atoms. The number of nitroso groups, excluding NO2 is 1. The Balaban J connectivity index is 1.99. The number of alkyl halides is 1. The van der Waals surface area contributed by atoms with E-state index in [2.05, 4.69) is 34.7 Å². The second kappa shape index (κ2) is 8.95. The molecule has 0 heterocycles. The van der Waals surface area contributed by atoms with Crippen LogP contribution in [0.1, 0.15) is 49.8 Å². The SMILES string of the molecule is Cc1ccc(N=O)c(Cc2cc(C)cc(Cc3cc(C(C)I)ccc3O)c2O)c1.